The predicted molar refractivity (Wildman–Crippen MR) is 96.1 cm³/mol. The van der Waals surface area contributed by atoms with Gasteiger partial charge < -0.3 is 14.6 Å². The van der Waals surface area contributed by atoms with Crippen molar-refractivity contribution in [2.45, 2.75) is 38.5 Å². The van der Waals surface area contributed by atoms with Gasteiger partial charge in [-0.2, -0.15) is 0 Å². The molecule has 0 aliphatic rings. The van der Waals surface area contributed by atoms with Gasteiger partial charge in [-0.15, -0.1) is 11.6 Å². The van der Waals surface area contributed by atoms with Crippen molar-refractivity contribution < 1.29 is 14.6 Å². The maximum Gasteiger partial charge on any atom is 0.165 e. The lowest BCUT2D eigenvalue weighted by molar-refractivity contribution is 0.304. The Bertz CT molecular complexity index is 613. The van der Waals surface area contributed by atoms with Gasteiger partial charge in [-0.3, -0.25) is 0 Å². The molecule has 0 aromatic heterocycles. The van der Waals surface area contributed by atoms with Gasteiger partial charge in [0, 0.05) is 22.7 Å². The molecule has 2 aromatic rings. The van der Waals surface area contributed by atoms with Crippen LogP contribution in [0.25, 0.3) is 10.8 Å². The van der Waals surface area contributed by atoms with Crippen LogP contribution in [0.2, 0.25) is 0 Å². The summed E-state index contributed by atoms with van der Waals surface area (Å²) in [6, 6.07) is 9.43. The highest BCUT2D eigenvalue weighted by Gasteiger charge is 2.12. The van der Waals surface area contributed by atoms with Crippen LogP contribution in [0, 0.1) is 0 Å². The first-order chi connectivity index (χ1) is 11.3. The molecule has 0 bridgehead atoms. The summed E-state index contributed by atoms with van der Waals surface area (Å²) in [5.74, 6) is 2.13. The minimum Gasteiger partial charge on any atom is -0.504 e. The van der Waals surface area contributed by atoms with E-state index < -0.39 is 0 Å². The summed E-state index contributed by atoms with van der Waals surface area (Å²) in [5.41, 5.74) is 0. The van der Waals surface area contributed by atoms with Crippen molar-refractivity contribution in [1.29, 1.82) is 0 Å². The lowest BCUT2D eigenvalue weighted by Crippen LogP contribution is -1.99. The molecule has 0 saturated carbocycles. The molecule has 4 heteroatoms. The zero-order chi connectivity index (χ0) is 16.5. The summed E-state index contributed by atoms with van der Waals surface area (Å²) in [4.78, 5) is 0. The first-order valence-electron chi connectivity index (χ1n) is 8.25. The summed E-state index contributed by atoms with van der Waals surface area (Å²) in [6.45, 7) is 0.674. The Hall–Kier alpha value is -1.61. The molecule has 0 heterocycles. The number of phenolic OH excluding ortho intramolecular Hbond substituents is 1. The monoisotopic (exact) mass is 336 g/mol. The molecule has 0 radical (unpaired) electrons. The second-order valence-electron chi connectivity index (χ2n) is 5.63. The van der Waals surface area contributed by atoms with Gasteiger partial charge in [0.05, 0.1) is 13.7 Å². The van der Waals surface area contributed by atoms with Crippen LogP contribution in [-0.2, 0) is 0 Å². The largest absolute Gasteiger partial charge is 0.504 e. The standard InChI is InChI=1S/C19H25ClO3/c1-22-18-14-17(15-10-6-7-11-16(15)19(18)21)23-13-9-5-3-2-4-8-12-20/h6-7,10-11,14,21H,2-5,8-9,12-13H2,1H3. The molecule has 0 spiro atoms. The zero-order valence-corrected chi connectivity index (χ0v) is 14.4. The van der Waals surface area contributed by atoms with Gasteiger partial charge in [0.2, 0.25) is 0 Å². The van der Waals surface area contributed by atoms with E-state index >= 15 is 0 Å². The molecule has 23 heavy (non-hydrogen) atoms. The Morgan fingerprint density at radius 1 is 0.913 bits per heavy atom. The first-order valence-corrected chi connectivity index (χ1v) is 8.79. The summed E-state index contributed by atoms with van der Waals surface area (Å²) < 4.78 is 11.2. The van der Waals surface area contributed by atoms with Crippen molar-refractivity contribution in [2.75, 3.05) is 19.6 Å². The van der Waals surface area contributed by atoms with Crippen LogP contribution < -0.4 is 9.47 Å². The number of ether oxygens (including phenoxy) is 2. The molecule has 2 aromatic carbocycles. The molecule has 0 saturated heterocycles. The van der Waals surface area contributed by atoms with E-state index in [1.165, 1.54) is 19.3 Å². The van der Waals surface area contributed by atoms with Gasteiger partial charge in [0.1, 0.15) is 5.75 Å². The fourth-order valence-corrected chi connectivity index (χ4v) is 2.85. The summed E-state index contributed by atoms with van der Waals surface area (Å²) in [7, 11) is 1.55. The number of halogens is 1. The van der Waals surface area contributed by atoms with E-state index in [1.807, 2.05) is 24.3 Å². The third-order valence-corrected chi connectivity index (χ3v) is 4.22. The second-order valence-corrected chi connectivity index (χ2v) is 6.01. The Kier molecular flexibility index (Phi) is 7.34. The Morgan fingerprint density at radius 3 is 2.26 bits per heavy atom. The predicted octanol–water partition coefficient (Wildman–Crippen LogP) is 5.51. The van der Waals surface area contributed by atoms with Crippen molar-refractivity contribution in [3.8, 4) is 17.2 Å². The number of methoxy groups -OCH3 is 1. The Morgan fingerprint density at radius 2 is 1.57 bits per heavy atom. The van der Waals surface area contributed by atoms with Crippen LogP contribution in [0.1, 0.15) is 38.5 Å². The molecule has 0 fully saturated rings. The van der Waals surface area contributed by atoms with E-state index in [-0.39, 0.29) is 5.75 Å². The number of rotatable bonds is 10. The number of fused-ring (bicyclic) bond motifs is 1. The Balaban J connectivity index is 1.91. The van der Waals surface area contributed by atoms with Gasteiger partial charge in [-0.25, -0.2) is 0 Å². The van der Waals surface area contributed by atoms with Crippen LogP contribution in [0.15, 0.2) is 30.3 Å². The fourth-order valence-electron chi connectivity index (χ4n) is 2.66. The van der Waals surface area contributed by atoms with Gasteiger partial charge >= 0.3 is 0 Å². The van der Waals surface area contributed by atoms with E-state index in [0.717, 1.165) is 41.7 Å². The lowest BCUT2D eigenvalue weighted by Gasteiger charge is -2.13. The topological polar surface area (TPSA) is 38.7 Å². The number of phenols is 1. The maximum absolute atomic E-state index is 10.2. The molecular formula is C19H25ClO3. The number of hydrogen-bond acceptors (Lipinski definition) is 3. The number of aromatic hydroxyl groups is 1. The molecule has 0 amide bonds. The van der Waals surface area contributed by atoms with Crippen molar-refractivity contribution in [3.63, 3.8) is 0 Å². The summed E-state index contributed by atoms with van der Waals surface area (Å²) >= 11 is 5.67. The smallest absolute Gasteiger partial charge is 0.165 e. The molecular weight excluding hydrogens is 312 g/mol. The number of hydrogen-bond donors (Lipinski definition) is 1. The summed E-state index contributed by atoms with van der Waals surface area (Å²) in [6.07, 6.45) is 6.97. The quantitative estimate of drug-likeness (QED) is 0.459. The normalized spacial score (nSPS) is 10.9. The highest BCUT2D eigenvalue weighted by Crippen LogP contribution is 2.40. The molecule has 3 nitrogen and oxygen atoms in total. The van der Waals surface area contributed by atoms with Gasteiger partial charge in [-0.05, 0) is 12.8 Å². The third kappa shape index (κ3) is 4.93. The minimum absolute atomic E-state index is 0.162. The number of alkyl halides is 1. The van der Waals surface area contributed by atoms with Crippen molar-refractivity contribution in [3.05, 3.63) is 30.3 Å². The van der Waals surface area contributed by atoms with Gasteiger partial charge in [-0.1, -0.05) is 49.9 Å². The van der Waals surface area contributed by atoms with E-state index in [4.69, 9.17) is 21.1 Å². The highest BCUT2D eigenvalue weighted by atomic mass is 35.5. The van der Waals surface area contributed by atoms with Crippen molar-refractivity contribution in [2.24, 2.45) is 0 Å². The van der Waals surface area contributed by atoms with Gasteiger partial charge in [0.15, 0.2) is 11.5 Å². The molecule has 0 aliphatic carbocycles. The molecule has 0 atom stereocenters. The second kappa shape index (κ2) is 9.51. The van der Waals surface area contributed by atoms with Crippen LogP contribution in [0.4, 0.5) is 0 Å². The van der Waals surface area contributed by atoms with Gasteiger partial charge in [0.25, 0.3) is 0 Å². The van der Waals surface area contributed by atoms with Crippen molar-refractivity contribution >= 4 is 22.4 Å². The van der Waals surface area contributed by atoms with E-state index in [2.05, 4.69) is 0 Å². The molecule has 126 valence electrons. The molecule has 0 unspecified atom stereocenters. The average molecular weight is 337 g/mol. The summed E-state index contributed by atoms with van der Waals surface area (Å²) in [5, 5.41) is 11.9. The van der Waals surface area contributed by atoms with E-state index in [0.29, 0.717) is 12.4 Å². The lowest BCUT2D eigenvalue weighted by atomic mass is 10.1. The maximum atomic E-state index is 10.2. The third-order valence-electron chi connectivity index (χ3n) is 3.95. The van der Waals surface area contributed by atoms with Crippen molar-refractivity contribution in [1.82, 2.24) is 0 Å². The first kappa shape index (κ1) is 17.7. The highest BCUT2D eigenvalue weighted by molar-refractivity contribution is 6.17. The van der Waals surface area contributed by atoms with Crippen LogP contribution >= 0.6 is 11.6 Å². The molecule has 2 rings (SSSR count). The van der Waals surface area contributed by atoms with E-state index in [9.17, 15) is 5.11 Å². The number of unbranched alkanes of at least 4 members (excludes halogenated alkanes) is 5. The Labute approximate surface area is 143 Å². The fraction of sp³-hybridized carbons (Fsp3) is 0.474. The average Bonchev–Trinajstić information content (AvgIpc) is 2.59. The van der Waals surface area contributed by atoms with Crippen LogP contribution in [-0.4, -0.2) is 24.7 Å². The number of benzene rings is 2. The van der Waals surface area contributed by atoms with Crippen LogP contribution in [0.3, 0.4) is 0 Å². The molecule has 0 aliphatic heterocycles. The molecule has 1 N–H and O–H groups in total. The zero-order valence-electron chi connectivity index (χ0n) is 13.7. The van der Waals surface area contributed by atoms with E-state index in [1.54, 1.807) is 13.2 Å². The minimum atomic E-state index is 0.162. The van der Waals surface area contributed by atoms with Crippen LogP contribution in [0.5, 0.6) is 17.2 Å². The SMILES string of the molecule is COc1cc(OCCCCCCCCCl)c2ccccc2c1O.